The van der Waals surface area contributed by atoms with Crippen LogP contribution in [0.25, 0.3) is 0 Å². The van der Waals surface area contributed by atoms with Crippen molar-refractivity contribution in [3.63, 3.8) is 0 Å². The first-order chi connectivity index (χ1) is 9.95. The topological polar surface area (TPSA) is 60.2 Å². The molecule has 0 bridgehead atoms. The summed E-state index contributed by atoms with van der Waals surface area (Å²) in [6.07, 6.45) is 3.69. The van der Waals surface area contributed by atoms with E-state index >= 15 is 0 Å². The Labute approximate surface area is 131 Å². The molecular formula is C16H27N3OS. The van der Waals surface area contributed by atoms with E-state index in [2.05, 4.69) is 29.5 Å². The van der Waals surface area contributed by atoms with E-state index in [1.807, 2.05) is 6.92 Å². The average molecular weight is 309 g/mol. The van der Waals surface area contributed by atoms with E-state index in [0.29, 0.717) is 12.0 Å². The van der Waals surface area contributed by atoms with E-state index in [0.717, 1.165) is 38.2 Å². The van der Waals surface area contributed by atoms with Crippen LogP contribution in [0.5, 0.6) is 0 Å². The molecular weight excluding hydrogens is 282 g/mol. The van der Waals surface area contributed by atoms with Crippen molar-refractivity contribution in [3.05, 3.63) is 16.1 Å². The Bertz CT molecular complexity index is 501. The fraction of sp³-hybridized carbons (Fsp3) is 0.812. The van der Waals surface area contributed by atoms with Gasteiger partial charge in [-0.15, -0.1) is 11.3 Å². The van der Waals surface area contributed by atoms with Crippen molar-refractivity contribution < 1.29 is 4.74 Å². The van der Waals surface area contributed by atoms with Crippen molar-refractivity contribution in [1.82, 2.24) is 10.3 Å². The van der Waals surface area contributed by atoms with Gasteiger partial charge in [0.05, 0.1) is 11.1 Å². The van der Waals surface area contributed by atoms with Gasteiger partial charge < -0.3 is 15.8 Å². The highest BCUT2D eigenvalue weighted by atomic mass is 32.1. The maximum absolute atomic E-state index is 6.76. The van der Waals surface area contributed by atoms with Crippen LogP contribution in [-0.4, -0.2) is 36.3 Å². The van der Waals surface area contributed by atoms with Gasteiger partial charge >= 0.3 is 0 Å². The summed E-state index contributed by atoms with van der Waals surface area (Å²) in [5.41, 5.74) is 7.80. The lowest BCUT2D eigenvalue weighted by Crippen LogP contribution is -2.80. The molecule has 3 atom stereocenters. The summed E-state index contributed by atoms with van der Waals surface area (Å²) in [6.45, 7) is 9.27. The number of thiazole rings is 1. The molecule has 3 unspecified atom stereocenters. The normalized spacial score (nSPS) is 34.3. The molecule has 1 saturated heterocycles. The van der Waals surface area contributed by atoms with Crippen LogP contribution in [0.1, 0.15) is 37.4 Å². The van der Waals surface area contributed by atoms with Crippen molar-refractivity contribution in [2.75, 3.05) is 19.7 Å². The van der Waals surface area contributed by atoms with Crippen LogP contribution < -0.4 is 11.1 Å². The van der Waals surface area contributed by atoms with Crippen molar-refractivity contribution in [1.29, 1.82) is 0 Å². The Morgan fingerprint density at radius 1 is 1.52 bits per heavy atom. The van der Waals surface area contributed by atoms with Gasteiger partial charge in [-0.1, -0.05) is 13.8 Å². The number of nitrogens with one attached hydrogen (secondary N) is 1. The molecule has 118 valence electrons. The first-order valence-electron chi connectivity index (χ1n) is 7.97. The van der Waals surface area contributed by atoms with Gasteiger partial charge in [-0.3, -0.25) is 0 Å². The zero-order valence-corrected chi connectivity index (χ0v) is 14.1. The number of ether oxygens (including phenoxy) is 1. The molecule has 1 saturated carbocycles. The molecule has 0 amide bonds. The highest BCUT2D eigenvalue weighted by Crippen LogP contribution is 2.56. The molecule has 3 N–H and O–H groups in total. The van der Waals surface area contributed by atoms with E-state index in [-0.39, 0.29) is 11.0 Å². The lowest BCUT2D eigenvalue weighted by atomic mass is 9.46. The molecule has 2 aliphatic rings. The quantitative estimate of drug-likeness (QED) is 0.818. The van der Waals surface area contributed by atoms with Crippen molar-refractivity contribution in [2.45, 2.75) is 51.7 Å². The number of hydrogen-bond donors (Lipinski definition) is 2. The minimum atomic E-state index is -0.142. The molecule has 1 aromatic heterocycles. The van der Waals surface area contributed by atoms with Crippen molar-refractivity contribution in [3.8, 4) is 0 Å². The molecule has 21 heavy (non-hydrogen) atoms. The third kappa shape index (κ3) is 2.54. The maximum atomic E-state index is 6.76. The Balaban J connectivity index is 1.52. The number of rotatable bonds is 5. The van der Waals surface area contributed by atoms with Crippen LogP contribution in [0.2, 0.25) is 0 Å². The predicted octanol–water partition coefficient (Wildman–Crippen LogP) is 2.12. The minimum absolute atomic E-state index is 0.0584. The second-order valence-corrected chi connectivity index (χ2v) is 8.05. The number of nitrogens with two attached hydrogens (primary N) is 1. The number of fused-ring (bicyclic) bond motifs is 1. The molecule has 2 heterocycles. The average Bonchev–Trinajstić information content (AvgIpc) is 2.89. The van der Waals surface area contributed by atoms with Gasteiger partial charge in [0.15, 0.2) is 0 Å². The van der Waals surface area contributed by atoms with Gasteiger partial charge in [-0.05, 0) is 19.8 Å². The number of hydrogen-bond acceptors (Lipinski definition) is 5. The number of aryl methyl sites for hydroxylation is 1. The smallest absolute Gasteiger partial charge is 0.0940 e. The number of aromatic nitrogens is 1. The second kappa shape index (κ2) is 5.61. The Kier molecular flexibility index (Phi) is 4.12. The highest BCUT2D eigenvalue weighted by molar-refractivity contribution is 7.09. The Hall–Kier alpha value is -0.490. The maximum Gasteiger partial charge on any atom is 0.0940 e. The third-order valence-electron chi connectivity index (χ3n) is 5.49. The lowest BCUT2D eigenvalue weighted by molar-refractivity contribution is -0.225. The molecule has 0 spiro atoms. The molecule has 3 rings (SSSR count). The molecule has 0 radical (unpaired) electrons. The number of nitrogens with zero attached hydrogens (tertiary/aromatic N) is 1. The highest BCUT2D eigenvalue weighted by Gasteiger charge is 2.65. The zero-order valence-electron chi connectivity index (χ0n) is 13.3. The van der Waals surface area contributed by atoms with Crippen molar-refractivity contribution in [2.24, 2.45) is 17.1 Å². The first-order valence-corrected chi connectivity index (χ1v) is 8.85. The fourth-order valence-corrected chi connectivity index (χ4v) is 4.81. The third-order valence-corrected chi connectivity index (χ3v) is 6.52. The Morgan fingerprint density at radius 3 is 3.05 bits per heavy atom. The van der Waals surface area contributed by atoms with Crippen LogP contribution in [-0.2, 0) is 11.2 Å². The van der Waals surface area contributed by atoms with Gasteiger partial charge in [-0.25, -0.2) is 4.98 Å². The van der Waals surface area contributed by atoms with E-state index in [1.165, 1.54) is 11.4 Å². The molecule has 4 nitrogen and oxygen atoms in total. The summed E-state index contributed by atoms with van der Waals surface area (Å²) in [4.78, 5) is 4.50. The van der Waals surface area contributed by atoms with Gasteiger partial charge in [0.1, 0.15) is 0 Å². The molecule has 1 aromatic rings. The van der Waals surface area contributed by atoms with Crippen molar-refractivity contribution >= 4 is 11.3 Å². The predicted molar refractivity (Wildman–Crippen MR) is 86.6 cm³/mol. The summed E-state index contributed by atoms with van der Waals surface area (Å²) >= 11 is 1.74. The van der Waals surface area contributed by atoms with Gasteiger partial charge in [0.2, 0.25) is 0 Å². The lowest BCUT2D eigenvalue weighted by Gasteiger charge is -2.66. The van der Waals surface area contributed by atoms with Gasteiger partial charge in [0.25, 0.3) is 0 Å². The standard InChI is InChI=1S/C16H27N3OS/c1-11-9-21-13(19-11)6-7-18-10-16(17)12-5-4-8-20-14(12)15(16,2)3/h9,12,14,18H,4-8,10,17H2,1-3H3. The fourth-order valence-electron chi connectivity index (χ4n) is 4.03. The monoisotopic (exact) mass is 309 g/mol. The summed E-state index contributed by atoms with van der Waals surface area (Å²) in [5.74, 6) is 0.510. The zero-order chi connectivity index (χ0) is 15.1. The van der Waals surface area contributed by atoms with Gasteiger partial charge in [-0.2, -0.15) is 0 Å². The molecule has 2 fully saturated rings. The van der Waals surface area contributed by atoms with Crippen LogP contribution in [0, 0.1) is 18.3 Å². The molecule has 0 aromatic carbocycles. The summed E-state index contributed by atoms with van der Waals surface area (Å²) in [5, 5.41) is 6.88. The minimum Gasteiger partial charge on any atom is -0.377 e. The van der Waals surface area contributed by atoms with Crippen LogP contribution in [0.15, 0.2) is 5.38 Å². The molecule has 1 aliphatic heterocycles. The largest absolute Gasteiger partial charge is 0.377 e. The summed E-state index contributed by atoms with van der Waals surface area (Å²) in [7, 11) is 0. The van der Waals surface area contributed by atoms with E-state index in [9.17, 15) is 0 Å². The second-order valence-electron chi connectivity index (χ2n) is 7.11. The SMILES string of the molecule is Cc1csc(CCNCC2(N)C3CCCOC3C2(C)C)n1. The Morgan fingerprint density at radius 2 is 2.33 bits per heavy atom. The molecule has 1 aliphatic carbocycles. The van der Waals surface area contributed by atoms with Crippen LogP contribution in [0.4, 0.5) is 0 Å². The summed E-state index contributed by atoms with van der Waals surface area (Å²) < 4.78 is 5.95. The first kappa shape index (κ1) is 15.4. The van der Waals surface area contributed by atoms with E-state index < -0.39 is 0 Å². The van der Waals surface area contributed by atoms with E-state index in [4.69, 9.17) is 10.5 Å². The van der Waals surface area contributed by atoms with Crippen LogP contribution in [0.3, 0.4) is 0 Å². The molecule has 5 heteroatoms. The summed E-state index contributed by atoms with van der Waals surface area (Å²) in [6, 6.07) is 0. The van der Waals surface area contributed by atoms with Crippen LogP contribution >= 0.6 is 11.3 Å². The van der Waals surface area contributed by atoms with E-state index in [1.54, 1.807) is 11.3 Å². The van der Waals surface area contributed by atoms with Gasteiger partial charge in [0, 0.05) is 54.1 Å².